The zero-order chi connectivity index (χ0) is 25.2. The molecule has 0 radical (unpaired) electrons. The van der Waals surface area contributed by atoms with E-state index in [4.69, 9.17) is 15.6 Å². The summed E-state index contributed by atoms with van der Waals surface area (Å²) in [5.41, 5.74) is 10.4. The minimum Gasteiger partial charge on any atom is -0.438 e. The number of anilines is 2. The highest BCUT2D eigenvalue weighted by molar-refractivity contribution is 5.89. The zero-order valence-corrected chi connectivity index (χ0v) is 21.1. The summed E-state index contributed by atoms with van der Waals surface area (Å²) >= 11 is 0. The lowest BCUT2D eigenvalue weighted by Crippen LogP contribution is -2.43. The van der Waals surface area contributed by atoms with Crippen molar-refractivity contribution in [3.63, 3.8) is 0 Å². The number of hydrazone groups is 1. The molecule has 190 valence electrons. The van der Waals surface area contributed by atoms with Crippen LogP contribution in [-0.2, 0) is 0 Å². The molecule has 1 atom stereocenters. The van der Waals surface area contributed by atoms with Crippen molar-refractivity contribution in [1.82, 2.24) is 19.9 Å². The molecule has 3 aromatic rings. The fourth-order valence-corrected chi connectivity index (χ4v) is 5.49. The Balaban J connectivity index is 1.28. The van der Waals surface area contributed by atoms with E-state index in [1.165, 1.54) is 37.1 Å². The molecule has 9 heteroatoms. The first kappa shape index (κ1) is 23.3. The van der Waals surface area contributed by atoms with Gasteiger partial charge in [0.25, 0.3) is 0 Å². The van der Waals surface area contributed by atoms with E-state index in [0.29, 0.717) is 17.6 Å². The second-order valence-electron chi connectivity index (χ2n) is 9.65. The van der Waals surface area contributed by atoms with Crippen molar-refractivity contribution >= 4 is 17.5 Å². The molecule has 2 fully saturated rings. The molecule has 0 amide bonds. The van der Waals surface area contributed by atoms with E-state index in [9.17, 15) is 0 Å². The normalized spacial score (nSPS) is 19.5. The first-order chi connectivity index (χ1) is 18.2. The smallest absolute Gasteiger partial charge is 0.228 e. The molecule has 2 aliphatic heterocycles. The van der Waals surface area contributed by atoms with E-state index in [-0.39, 0.29) is 5.92 Å². The van der Waals surface area contributed by atoms with Crippen molar-refractivity contribution in [2.45, 2.75) is 38.5 Å². The Bertz CT molecular complexity index is 1330. The molecule has 0 bridgehead atoms. The summed E-state index contributed by atoms with van der Waals surface area (Å²) < 4.78 is 6.22. The van der Waals surface area contributed by atoms with Crippen molar-refractivity contribution in [3.8, 4) is 22.9 Å². The molecule has 6 rings (SSSR count). The summed E-state index contributed by atoms with van der Waals surface area (Å²) in [7, 11) is 1.79. The third kappa shape index (κ3) is 4.57. The third-order valence-corrected chi connectivity index (χ3v) is 7.30. The molecule has 4 heterocycles. The number of aromatic nitrogens is 3. The highest BCUT2D eigenvalue weighted by atomic mass is 16.5. The van der Waals surface area contributed by atoms with Crippen LogP contribution in [0.5, 0.6) is 11.6 Å². The maximum Gasteiger partial charge on any atom is 0.228 e. The number of piperidine rings is 1. The van der Waals surface area contributed by atoms with E-state index < -0.39 is 0 Å². The minimum atomic E-state index is 0.281. The van der Waals surface area contributed by atoms with E-state index >= 15 is 0 Å². The SMILES string of the molecule is CNc1nccc(-c2cccnc2Oc2ccc(N3N=C(N)C4CCCC4=C3N3CCCCC3)cc2)n1. The second-order valence-corrected chi connectivity index (χ2v) is 9.65. The van der Waals surface area contributed by atoms with Gasteiger partial charge in [-0.2, -0.15) is 5.10 Å². The highest BCUT2D eigenvalue weighted by Gasteiger charge is 2.36. The second kappa shape index (κ2) is 10.1. The largest absolute Gasteiger partial charge is 0.438 e. The fourth-order valence-electron chi connectivity index (χ4n) is 5.49. The van der Waals surface area contributed by atoms with Gasteiger partial charge in [-0.15, -0.1) is 0 Å². The summed E-state index contributed by atoms with van der Waals surface area (Å²) in [5.74, 6) is 3.95. The van der Waals surface area contributed by atoms with Gasteiger partial charge in [-0.05, 0) is 86.6 Å². The Hall–Kier alpha value is -4.14. The number of likely N-dealkylation sites (tertiary alicyclic amines) is 1. The molecule has 1 aromatic carbocycles. The number of benzene rings is 1. The molecule has 1 saturated heterocycles. The zero-order valence-electron chi connectivity index (χ0n) is 21.1. The average molecular weight is 497 g/mol. The molecule has 1 aliphatic carbocycles. The first-order valence-corrected chi connectivity index (χ1v) is 13.1. The molecular formula is C28H32N8O. The third-order valence-electron chi connectivity index (χ3n) is 7.30. The fraction of sp³-hybridized carbons (Fsp3) is 0.357. The van der Waals surface area contributed by atoms with Crippen LogP contribution < -0.4 is 20.8 Å². The van der Waals surface area contributed by atoms with Gasteiger partial charge in [-0.3, -0.25) is 0 Å². The molecule has 1 unspecified atom stereocenters. The van der Waals surface area contributed by atoms with Gasteiger partial charge in [0.15, 0.2) is 0 Å². The molecule has 1 saturated carbocycles. The van der Waals surface area contributed by atoms with Gasteiger partial charge in [-0.1, -0.05) is 0 Å². The number of hydrogen-bond acceptors (Lipinski definition) is 9. The lowest BCUT2D eigenvalue weighted by Gasteiger charge is -2.40. The van der Waals surface area contributed by atoms with Gasteiger partial charge >= 0.3 is 0 Å². The van der Waals surface area contributed by atoms with Crippen LogP contribution in [0.4, 0.5) is 11.6 Å². The van der Waals surface area contributed by atoms with Crippen molar-refractivity contribution < 1.29 is 4.74 Å². The topological polar surface area (TPSA) is 105 Å². The number of fused-ring (bicyclic) bond motifs is 1. The molecule has 3 aliphatic rings. The highest BCUT2D eigenvalue weighted by Crippen LogP contribution is 2.41. The van der Waals surface area contributed by atoms with Crippen molar-refractivity contribution in [2.75, 3.05) is 30.5 Å². The monoisotopic (exact) mass is 496 g/mol. The Labute approximate surface area is 217 Å². The van der Waals surface area contributed by atoms with Crippen LogP contribution in [0.1, 0.15) is 38.5 Å². The summed E-state index contributed by atoms with van der Waals surface area (Å²) in [6, 6.07) is 13.7. The molecule has 3 N–H and O–H groups in total. The average Bonchev–Trinajstić information content (AvgIpc) is 3.45. The minimum absolute atomic E-state index is 0.281. The summed E-state index contributed by atoms with van der Waals surface area (Å²) in [6.07, 6.45) is 10.5. The van der Waals surface area contributed by atoms with Crippen LogP contribution >= 0.6 is 0 Å². The number of nitrogens with one attached hydrogen (secondary N) is 1. The van der Waals surface area contributed by atoms with E-state index in [1.807, 2.05) is 47.5 Å². The Kier molecular flexibility index (Phi) is 6.34. The number of pyridine rings is 1. The molecule has 0 spiro atoms. The molecule has 9 nitrogen and oxygen atoms in total. The van der Waals surface area contributed by atoms with Crippen LogP contribution in [0.2, 0.25) is 0 Å². The standard InChI is InChI=1S/C28H32N8O/c1-30-28-32-16-14-24(33-28)23-9-6-15-31-26(23)37-20-12-10-19(11-13-20)36-27(35-17-3-2-4-18-35)22-8-5-7-21(22)25(29)34-36/h6,9-16,21H,2-5,7-8,17-18H2,1H3,(H2,29,34)(H,30,32,33). The maximum atomic E-state index is 6.47. The van der Waals surface area contributed by atoms with Crippen LogP contribution in [-0.4, -0.2) is 45.8 Å². The Morgan fingerprint density at radius 2 is 1.81 bits per heavy atom. The quantitative estimate of drug-likeness (QED) is 0.493. The number of nitrogens with two attached hydrogens (primary N) is 1. The number of nitrogens with zero attached hydrogens (tertiary/aromatic N) is 6. The Morgan fingerprint density at radius 1 is 0.973 bits per heavy atom. The van der Waals surface area contributed by atoms with E-state index in [2.05, 4.69) is 25.2 Å². The summed E-state index contributed by atoms with van der Waals surface area (Å²) in [6.45, 7) is 2.14. The van der Waals surface area contributed by atoms with Crippen LogP contribution in [0.3, 0.4) is 0 Å². The summed E-state index contributed by atoms with van der Waals surface area (Å²) in [4.78, 5) is 15.7. The first-order valence-electron chi connectivity index (χ1n) is 13.1. The van der Waals surface area contributed by atoms with E-state index in [0.717, 1.165) is 48.7 Å². The Morgan fingerprint density at radius 3 is 2.62 bits per heavy atom. The van der Waals surface area contributed by atoms with Crippen LogP contribution in [0.15, 0.2) is 71.4 Å². The maximum absolute atomic E-state index is 6.47. The predicted molar refractivity (Wildman–Crippen MR) is 145 cm³/mol. The predicted octanol–water partition coefficient (Wildman–Crippen LogP) is 4.96. The van der Waals surface area contributed by atoms with Crippen molar-refractivity contribution in [2.24, 2.45) is 16.8 Å². The van der Waals surface area contributed by atoms with Gasteiger partial charge in [0.05, 0.1) is 16.9 Å². The number of amidine groups is 1. The lowest BCUT2D eigenvalue weighted by molar-refractivity contribution is 0.272. The van der Waals surface area contributed by atoms with Gasteiger partial charge < -0.3 is 20.7 Å². The van der Waals surface area contributed by atoms with Crippen molar-refractivity contribution in [1.29, 1.82) is 0 Å². The van der Waals surface area contributed by atoms with E-state index in [1.54, 1.807) is 19.4 Å². The van der Waals surface area contributed by atoms with Gasteiger partial charge in [0, 0.05) is 38.4 Å². The number of hydrogen-bond donors (Lipinski definition) is 2. The van der Waals surface area contributed by atoms with Gasteiger partial charge in [0.1, 0.15) is 17.4 Å². The molecular weight excluding hydrogens is 464 g/mol. The number of rotatable bonds is 6. The number of ether oxygens (including phenoxy) is 1. The lowest BCUT2D eigenvalue weighted by atomic mass is 9.98. The molecule has 2 aromatic heterocycles. The van der Waals surface area contributed by atoms with Crippen LogP contribution in [0, 0.1) is 5.92 Å². The van der Waals surface area contributed by atoms with Gasteiger partial charge in [-0.25, -0.2) is 20.0 Å². The van der Waals surface area contributed by atoms with Crippen molar-refractivity contribution in [3.05, 3.63) is 66.3 Å². The van der Waals surface area contributed by atoms with Crippen LogP contribution in [0.25, 0.3) is 11.3 Å². The summed E-state index contributed by atoms with van der Waals surface area (Å²) in [5, 5.41) is 9.91. The molecule has 37 heavy (non-hydrogen) atoms. The van der Waals surface area contributed by atoms with Gasteiger partial charge in [0.2, 0.25) is 11.8 Å².